The van der Waals surface area contributed by atoms with Crippen molar-refractivity contribution in [3.8, 4) is 0 Å². The maximum atomic E-state index is 12.8. The fourth-order valence-corrected chi connectivity index (χ4v) is 8.22. The minimum absolute atomic E-state index is 0.0956. The lowest BCUT2D eigenvalue weighted by molar-refractivity contribution is -0.166. The predicted molar refractivity (Wildman–Crippen MR) is 302 cm³/mol. The highest BCUT2D eigenvalue weighted by Gasteiger charge is 2.19. The lowest BCUT2D eigenvalue weighted by Gasteiger charge is -2.18. The van der Waals surface area contributed by atoms with Crippen molar-refractivity contribution in [1.82, 2.24) is 0 Å². The molecule has 6 nitrogen and oxygen atoms in total. The molecule has 0 aromatic carbocycles. The van der Waals surface area contributed by atoms with E-state index in [9.17, 15) is 14.4 Å². The molecule has 0 aliphatic rings. The molecule has 1 unspecified atom stereocenters. The van der Waals surface area contributed by atoms with Gasteiger partial charge in [-0.1, -0.05) is 260 Å². The van der Waals surface area contributed by atoms with Gasteiger partial charge in [0.25, 0.3) is 0 Å². The third-order valence-corrected chi connectivity index (χ3v) is 12.6. The van der Waals surface area contributed by atoms with Crippen molar-refractivity contribution in [1.29, 1.82) is 0 Å². The van der Waals surface area contributed by atoms with Gasteiger partial charge in [-0.25, -0.2) is 0 Å². The zero-order chi connectivity index (χ0) is 50.7. The molecule has 0 heterocycles. The van der Waals surface area contributed by atoms with Crippen molar-refractivity contribution in [2.24, 2.45) is 0 Å². The number of ether oxygens (including phenoxy) is 3. The van der Waals surface area contributed by atoms with Gasteiger partial charge in [0.1, 0.15) is 13.2 Å². The molecule has 1 atom stereocenters. The molecule has 0 fully saturated rings. The Balaban J connectivity index is 4.24. The van der Waals surface area contributed by atoms with Crippen LogP contribution in [0.25, 0.3) is 0 Å². The van der Waals surface area contributed by atoms with Crippen LogP contribution in [0.1, 0.15) is 284 Å². The number of hydrogen-bond acceptors (Lipinski definition) is 6. The Morgan fingerprint density at radius 3 is 0.986 bits per heavy atom. The summed E-state index contributed by atoms with van der Waals surface area (Å²) < 4.78 is 16.7. The standard InChI is InChI=1S/C64H110O6/c1-4-7-10-13-16-19-22-24-26-27-28-29-30-31-32-33-34-35-36-37-39-40-42-45-48-51-54-57-63(66)69-60-61(59-68-62(65)56-53-50-47-44-21-18-15-12-9-6-3)70-64(67)58-55-52-49-46-43-41-38-25-23-20-17-14-11-8-5-2/h8,11-12,15,17,20,25,27-28,38,43,46,52,55,61H,4-7,9-10,13-14,16,18-19,21-24,26,29-37,39-42,44-45,47-51,53-54,56-60H2,1-3H3/b11-8-,15-12-,20-17-,28-27-,38-25-,46-43-,55-52-. The molecule has 0 rings (SSSR count). The van der Waals surface area contributed by atoms with Crippen LogP contribution in [-0.4, -0.2) is 37.2 Å². The lowest BCUT2D eigenvalue weighted by atomic mass is 10.0. The lowest BCUT2D eigenvalue weighted by Crippen LogP contribution is -2.30. The highest BCUT2D eigenvalue weighted by atomic mass is 16.6. The second kappa shape index (κ2) is 58.2. The smallest absolute Gasteiger partial charge is 0.310 e. The van der Waals surface area contributed by atoms with Crippen molar-refractivity contribution in [2.45, 2.75) is 290 Å². The van der Waals surface area contributed by atoms with E-state index < -0.39 is 12.1 Å². The molecule has 0 spiro atoms. The molecule has 0 aliphatic heterocycles. The quantitative estimate of drug-likeness (QED) is 0.0261. The van der Waals surface area contributed by atoms with E-state index in [0.29, 0.717) is 12.8 Å². The average Bonchev–Trinajstić information content (AvgIpc) is 3.36. The number of rotatable bonds is 53. The zero-order valence-corrected chi connectivity index (χ0v) is 46.0. The molecule has 0 saturated carbocycles. The maximum absolute atomic E-state index is 12.8. The average molecular weight is 976 g/mol. The predicted octanol–water partition coefficient (Wildman–Crippen LogP) is 19.9. The Morgan fingerprint density at radius 2 is 0.629 bits per heavy atom. The Morgan fingerprint density at radius 1 is 0.314 bits per heavy atom. The summed E-state index contributed by atoms with van der Waals surface area (Å²) in [4.78, 5) is 38.0. The van der Waals surface area contributed by atoms with Crippen LogP contribution in [0.4, 0.5) is 0 Å². The van der Waals surface area contributed by atoms with Gasteiger partial charge in [-0.2, -0.15) is 0 Å². The summed E-state index contributed by atoms with van der Waals surface area (Å²) in [7, 11) is 0. The maximum Gasteiger partial charge on any atom is 0.310 e. The molecule has 0 radical (unpaired) electrons. The normalized spacial score (nSPS) is 12.7. The van der Waals surface area contributed by atoms with Crippen LogP contribution in [0.15, 0.2) is 85.1 Å². The zero-order valence-electron chi connectivity index (χ0n) is 46.0. The summed E-state index contributed by atoms with van der Waals surface area (Å²) >= 11 is 0. The van der Waals surface area contributed by atoms with Crippen molar-refractivity contribution in [3.05, 3.63) is 85.1 Å². The molecule has 0 bridgehead atoms. The Labute approximate surface area is 433 Å². The number of hydrogen-bond donors (Lipinski definition) is 0. The molecule has 6 heteroatoms. The van der Waals surface area contributed by atoms with Crippen LogP contribution in [0, 0.1) is 0 Å². The molecule has 0 aliphatic carbocycles. The second-order valence-electron chi connectivity index (χ2n) is 19.5. The Hall–Kier alpha value is -3.41. The first-order valence-corrected chi connectivity index (χ1v) is 29.6. The number of unbranched alkanes of at least 4 members (excludes halogenated alkanes) is 29. The van der Waals surface area contributed by atoms with E-state index in [1.165, 1.54) is 154 Å². The van der Waals surface area contributed by atoms with Gasteiger partial charge in [-0.05, 0) is 89.9 Å². The van der Waals surface area contributed by atoms with Crippen LogP contribution < -0.4 is 0 Å². The van der Waals surface area contributed by atoms with Gasteiger partial charge in [0.05, 0.1) is 6.42 Å². The largest absolute Gasteiger partial charge is 0.462 e. The van der Waals surface area contributed by atoms with Crippen LogP contribution in [0.5, 0.6) is 0 Å². The summed E-state index contributed by atoms with van der Waals surface area (Å²) in [5, 5.41) is 0. The van der Waals surface area contributed by atoms with Gasteiger partial charge in [0, 0.05) is 12.8 Å². The van der Waals surface area contributed by atoms with E-state index in [4.69, 9.17) is 14.2 Å². The van der Waals surface area contributed by atoms with Gasteiger partial charge in [-0.3, -0.25) is 14.4 Å². The highest BCUT2D eigenvalue weighted by molar-refractivity contribution is 5.72. The van der Waals surface area contributed by atoms with Crippen molar-refractivity contribution >= 4 is 17.9 Å². The number of carbonyl (C=O) groups is 3. The molecular formula is C64H110O6. The molecular weight excluding hydrogens is 865 g/mol. The van der Waals surface area contributed by atoms with Gasteiger partial charge < -0.3 is 14.2 Å². The van der Waals surface area contributed by atoms with Crippen molar-refractivity contribution < 1.29 is 28.6 Å². The van der Waals surface area contributed by atoms with Crippen molar-refractivity contribution in [2.75, 3.05) is 13.2 Å². The summed E-state index contributed by atoms with van der Waals surface area (Å²) in [5.41, 5.74) is 0. The van der Waals surface area contributed by atoms with Gasteiger partial charge in [-0.15, -0.1) is 0 Å². The van der Waals surface area contributed by atoms with E-state index in [2.05, 4.69) is 93.7 Å². The van der Waals surface area contributed by atoms with Crippen LogP contribution in [0.2, 0.25) is 0 Å². The first kappa shape index (κ1) is 66.6. The van der Waals surface area contributed by atoms with Gasteiger partial charge >= 0.3 is 17.9 Å². The molecule has 0 saturated heterocycles. The van der Waals surface area contributed by atoms with E-state index >= 15 is 0 Å². The minimum atomic E-state index is -0.833. The van der Waals surface area contributed by atoms with Crippen LogP contribution in [-0.2, 0) is 28.6 Å². The van der Waals surface area contributed by atoms with Gasteiger partial charge in [0.15, 0.2) is 6.10 Å². The van der Waals surface area contributed by atoms with E-state index in [1.807, 2.05) is 6.08 Å². The molecule has 70 heavy (non-hydrogen) atoms. The van der Waals surface area contributed by atoms with Crippen LogP contribution in [0.3, 0.4) is 0 Å². The number of allylic oxidation sites excluding steroid dienone is 13. The van der Waals surface area contributed by atoms with E-state index in [0.717, 1.165) is 89.9 Å². The van der Waals surface area contributed by atoms with E-state index in [-0.39, 0.29) is 31.6 Å². The summed E-state index contributed by atoms with van der Waals surface area (Å²) in [6, 6.07) is 0. The highest BCUT2D eigenvalue weighted by Crippen LogP contribution is 2.16. The topological polar surface area (TPSA) is 78.9 Å². The Bertz CT molecular complexity index is 1350. The minimum Gasteiger partial charge on any atom is -0.462 e. The van der Waals surface area contributed by atoms with Crippen LogP contribution >= 0.6 is 0 Å². The fourth-order valence-electron chi connectivity index (χ4n) is 8.22. The molecule has 402 valence electrons. The third kappa shape index (κ3) is 55.5. The second-order valence-corrected chi connectivity index (χ2v) is 19.5. The molecule has 0 aromatic heterocycles. The number of carbonyl (C=O) groups excluding carboxylic acids is 3. The summed E-state index contributed by atoms with van der Waals surface area (Å²) in [6.45, 7) is 6.38. The third-order valence-electron chi connectivity index (χ3n) is 12.6. The summed E-state index contributed by atoms with van der Waals surface area (Å²) in [5.74, 6) is -1.05. The first-order chi connectivity index (χ1) is 34.5. The SMILES string of the molecule is CC/C=C\C/C=C\C/C=C\C/C=C\C/C=C\CC(=O)OC(COC(=O)CCCCCCC/C=C\CCC)COC(=O)CCCCCCCCCCCCCCCCC/C=C\CCCCCCCCCC. The molecule has 0 N–H and O–H groups in total. The van der Waals surface area contributed by atoms with E-state index in [1.54, 1.807) is 6.08 Å². The van der Waals surface area contributed by atoms with Gasteiger partial charge in [0.2, 0.25) is 0 Å². The monoisotopic (exact) mass is 975 g/mol. The first-order valence-electron chi connectivity index (χ1n) is 29.6. The molecule has 0 amide bonds. The number of esters is 3. The Kier molecular flexibility index (Phi) is 55.3. The molecule has 0 aromatic rings. The fraction of sp³-hybridized carbons (Fsp3) is 0.734. The summed E-state index contributed by atoms with van der Waals surface area (Å²) in [6.07, 6.45) is 76.3. The van der Waals surface area contributed by atoms with Crippen molar-refractivity contribution in [3.63, 3.8) is 0 Å².